The Labute approximate surface area is 141 Å². The lowest BCUT2D eigenvalue weighted by atomic mass is 10.0. The van der Waals surface area contributed by atoms with E-state index in [0.29, 0.717) is 5.82 Å². The average Bonchev–Trinajstić information content (AvgIpc) is 2.61. The summed E-state index contributed by atoms with van der Waals surface area (Å²) in [6.07, 6.45) is 0. The highest BCUT2D eigenvalue weighted by atomic mass is 16.5. The van der Waals surface area contributed by atoms with Crippen LogP contribution in [0.4, 0.5) is 11.5 Å². The number of nitrogens with one attached hydrogen (secondary N) is 1. The van der Waals surface area contributed by atoms with Crippen LogP contribution in [0.1, 0.15) is 25.7 Å². The number of ether oxygens (including phenoxy) is 1. The first-order valence-corrected chi connectivity index (χ1v) is 8.02. The van der Waals surface area contributed by atoms with E-state index < -0.39 is 0 Å². The normalized spacial score (nSPS) is 12.4. The minimum Gasteiger partial charge on any atom is -0.497 e. The van der Waals surface area contributed by atoms with Crippen LogP contribution < -0.4 is 15.8 Å². The summed E-state index contributed by atoms with van der Waals surface area (Å²) in [5, 5.41) is 4.34. The topological polar surface area (TPSA) is 73.1 Å². The SMILES string of the molecule is COc1ccc(Nc2nc([C@@H](N)C(C)C)nc3ccccc23)cc1. The van der Waals surface area contributed by atoms with Crippen LogP contribution in [0.3, 0.4) is 0 Å². The van der Waals surface area contributed by atoms with Gasteiger partial charge in [0.2, 0.25) is 0 Å². The fraction of sp³-hybridized carbons (Fsp3) is 0.263. The van der Waals surface area contributed by atoms with Crippen molar-refractivity contribution in [3.8, 4) is 5.75 Å². The van der Waals surface area contributed by atoms with E-state index >= 15 is 0 Å². The van der Waals surface area contributed by atoms with Crippen LogP contribution in [0.5, 0.6) is 5.75 Å². The number of anilines is 2. The van der Waals surface area contributed by atoms with Crippen LogP contribution in [-0.4, -0.2) is 17.1 Å². The molecule has 0 radical (unpaired) electrons. The maximum absolute atomic E-state index is 6.26. The predicted octanol–water partition coefficient (Wildman–Crippen LogP) is 4.04. The standard InChI is InChI=1S/C19H22N4O/c1-12(2)17(20)19-22-16-7-5-4-6-15(16)18(23-19)21-13-8-10-14(24-3)11-9-13/h4-12,17H,20H2,1-3H3,(H,21,22,23)/t17-/m0/s1. The van der Waals surface area contributed by atoms with Crippen molar-refractivity contribution in [2.75, 3.05) is 12.4 Å². The summed E-state index contributed by atoms with van der Waals surface area (Å²) >= 11 is 0. The molecule has 0 saturated carbocycles. The van der Waals surface area contributed by atoms with E-state index in [-0.39, 0.29) is 12.0 Å². The lowest BCUT2D eigenvalue weighted by Gasteiger charge is -2.17. The van der Waals surface area contributed by atoms with Gasteiger partial charge in [-0.25, -0.2) is 9.97 Å². The van der Waals surface area contributed by atoms with E-state index in [4.69, 9.17) is 10.5 Å². The zero-order valence-corrected chi connectivity index (χ0v) is 14.2. The highest BCUT2D eigenvalue weighted by Gasteiger charge is 2.16. The zero-order chi connectivity index (χ0) is 17.1. The summed E-state index contributed by atoms with van der Waals surface area (Å²) in [7, 11) is 1.65. The largest absolute Gasteiger partial charge is 0.497 e. The van der Waals surface area contributed by atoms with Crippen LogP contribution in [0, 0.1) is 5.92 Å². The second-order valence-corrected chi connectivity index (χ2v) is 6.07. The van der Waals surface area contributed by atoms with Gasteiger partial charge >= 0.3 is 0 Å². The van der Waals surface area contributed by atoms with Crippen molar-refractivity contribution in [3.05, 3.63) is 54.4 Å². The Morgan fingerprint density at radius 2 is 1.71 bits per heavy atom. The summed E-state index contributed by atoms with van der Waals surface area (Å²) < 4.78 is 5.20. The number of fused-ring (bicyclic) bond motifs is 1. The van der Waals surface area contributed by atoms with E-state index in [1.807, 2.05) is 48.5 Å². The van der Waals surface area contributed by atoms with Gasteiger partial charge in [-0.05, 0) is 42.3 Å². The maximum atomic E-state index is 6.26. The fourth-order valence-corrected chi connectivity index (χ4v) is 2.45. The average molecular weight is 322 g/mol. The van der Waals surface area contributed by atoms with Crippen LogP contribution >= 0.6 is 0 Å². The summed E-state index contributed by atoms with van der Waals surface area (Å²) in [6.45, 7) is 4.14. The number of nitrogens with two attached hydrogens (primary N) is 1. The predicted molar refractivity (Wildman–Crippen MR) is 97.6 cm³/mol. The second kappa shape index (κ2) is 6.84. The lowest BCUT2D eigenvalue weighted by molar-refractivity contribution is 0.415. The molecule has 0 bridgehead atoms. The van der Waals surface area contributed by atoms with Gasteiger partial charge in [0.1, 0.15) is 17.4 Å². The number of benzene rings is 2. The van der Waals surface area contributed by atoms with Gasteiger partial charge in [0, 0.05) is 11.1 Å². The molecule has 0 unspecified atom stereocenters. The number of para-hydroxylation sites is 1. The fourth-order valence-electron chi connectivity index (χ4n) is 2.45. The van der Waals surface area contributed by atoms with Gasteiger partial charge in [0.05, 0.1) is 18.7 Å². The number of rotatable bonds is 5. The highest BCUT2D eigenvalue weighted by molar-refractivity contribution is 5.90. The summed E-state index contributed by atoms with van der Waals surface area (Å²) in [5.41, 5.74) is 8.08. The van der Waals surface area contributed by atoms with E-state index in [0.717, 1.165) is 28.2 Å². The molecule has 1 atom stereocenters. The van der Waals surface area contributed by atoms with Crippen LogP contribution in [-0.2, 0) is 0 Å². The lowest BCUT2D eigenvalue weighted by Crippen LogP contribution is -2.20. The van der Waals surface area contributed by atoms with Crippen LogP contribution in [0.2, 0.25) is 0 Å². The Kier molecular flexibility index (Phi) is 4.62. The second-order valence-electron chi connectivity index (χ2n) is 6.07. The van der Waals surface area contributed by atoms with Gasteiger partial charge in [-0.15, -0.1) is 0 Å². The van der Waals surface area contributed by atoms with Gasteiger partial charge in [-0.3, -0.25) is 0 Å². The smallest absolute Gasteiger partial charge is 0.148 e. The number of hydrogen-bond acceptors (Lipinski definition) is 5. The van der Waals surface area contributed by atoms with Crippen molar-refractivity contribution in [3.63, 3.8) is 0 Å². The van der Waals surface area contributed by atoms with Crippen molar-refractivity contribution in [2.45, 2.75) is 19.9 Å². The van der Waals surface area contributed by atoms with Gasteiger partial charge in [-0.2, -0.15) is 0 Å². The van der Waals surface area contributed by atoms with Crippen LogP contribution in [0.25, 0.3) is 10.9 Å². The molecule has 3 rings (SSSR count). The van der Waals surface area contributed by atoms with Gasteiger partial charge in [0.15, 0.2) is 0 Å². The molecule has 3 N–H and O–H groups in total. The van der Waals surface area contributed by atoms with Gasteiger partial charge < -0.3 is 15.8 Å². The van der Waals surface area contributed by atoms with Crippen molar-refractivity contribution in [2.24, 2.45) is 11.7 Å². The Balaban J connectivity index is 2.03. The molecule has 0 aliphatic carbocycles. The summed E-state index contributed by atoms with van der Waals surface area (Å²) in [5.74, 6) is 2.49. The molecule has 1 aromatic heterocycles. The number of aromatic nitrogens is 2. The third-order valence-corrected chi connectivity index (χ3v) is 3.99. The molecule has 1 heterocycles. The Morgan fingerprint density at radius 1 is 1.00 bits per heavy atom. The molecule has 0 saturated heterocycles. The van der Waals surface area contributed by atoms with E-state index in [9.17, 15) is 0 Å². The molecule has 0 aliphatic heterocycles. The van der Waals surface area contributed by atoms with E-state index in [1.54, 1.807) is 7.11 Å². The van der Waals surface area contributed by atoms with Gasteiger partial charge in [0.25, 0.3) is 0 Å². The highest BCUT2D eigenvalue weighted by Crippen LogP contribution is 2.27. The Morgan fingerprint density at radius 3 is 2.38 bits per heavy atom. The molecule has 0 spiro atoms. The number of hydrogen-bond donors (Lipinski definition) is 2. The van der Waals surface area contributed by atoms with Crippen LogP contribution in [0.15, 0.2) is 48.5 Å². The number of nitrogens with zero attached hydrogens (tertiary/aromatic N) is 2. The minimum atomic E-state index is -0.203. The number of methoxy groups -OCH3 is 1. The van der Waals surface area contributed by atoms with Crippen molar-refractivity contribution in [1.82, 2.24) is 9.97 Å². The molecule has 124 valence electrons. The Hall–Kier alpha value is -2.66. The summed E-state index contributed by atoms with van der Waals surface area (Å²) in [6, 6.07) is 15.5. The quantitative estimate of drug-likeness (QED) is 0.741. The third kappa shape index (κ3) is 3.31. The molecule has 2 aromatic carbocycles. The zero-order valence-electron chi connectivity index (χ0n) is 14.2. The van der Waals surface area contributed by atoms with Crippen molar-refractivity contribution < 1.29 is 4.74 Å². The molecule has 0 fully saturated rings. The monoisotopic (exact) mass is 322 g/mol. The van der Waals surface area contributed by atoms with Gasteiger partial charge in [-0.1, -0.05) is 26.0 Å². The molecule has 0 aliphatic rings. The molecule has 0 amide bonds. The first-order valence-electron chi connectivity index (χ1n) is 8.02. The minimum absolute atomic E-state index is 0.203. The van der Waals surface area contributed by atoms with E-state index in [2.05, 4.69) is 29.1 Å². The maximum Gasteiger partial charge on any atom is 0.148 e. The summed E-state index contributed by atoms with van der Waals surface area (Å²) in [4.78, 5) is 9.31. The first-order chi connectivity index (χ1) is 11.6. The van der Waals surface area contributed by atoms with Crippen molar-refractivity contribution in [1.29, 1.82) is 0 Å². The molecule has 5 nitrogen and oxygen atoms in total. The van der Waals surface area contributed by atoms with E-state index in [1.165, 1.54) is 0 Å². The van der Waals surface area contributed by atoms with Crippen molar-refractivity contribution >= 4 is 22.4 Å². The Bertz CT molecular complexity index is 830. The molecular weight excluding hydrogens is 300 g/mol. The molecule has 24 heavy (non-hydrogen) atoms. The first kappa shape index (κ1) is 16.2. The molecule has 3 aromatic rings. The molecular formula is C19H22N4O. The third-order valence-electron chi connectivity index (χ3n) is 3.99. The molecule has 5 heteroatoms.